The van der Waals surface area contributed by atoms with Crippen molar-refractivity contribution >= 4 is 0 Å². The van der Waals surface area contributed by atoms with Crippen LogP contribution in [-0.4, -0.2) is 9.78 Å². The van der Waals surface area contributed by atoms with Gasteiger partial charge in [-0.15, -0.1) is 0 Å². The van der Waals surface area contributed by atoms with E-state index in [9.17, 15) is 0 Å². The first kappa shape index (κ1) is 8.05. The minimum absolute atomic E-state index is 0.892. The van der Waals surface area contributed by atoms with Gasteiger partial charge in [-0.2, -0.15) is 5.10 Å². The fourth-order valence-corrected chi connectivity index (χ4v) is 1.24. The van der Waals surface area contributed by atoms with Crippen LogP contribution in [0.15, 0.2) is 36.5 Å². The van der Waals surface area contributed by atoms with Crippen LogP contribution in [0.2, 0.25) is 0 Å². The molecule has 0 saturated carbocycles. The smallest absolute Gasteiger partial charge is 0.121 e. The van der Waals surface area contributed by atoms with Crippen LogP contribution in [-0.2, 0) is 6.54 Å². The maximum Gasteiger partial charge on any atom is 0.121 e. The van der Waals surface area contributed by atoms with E-state index in [0.29, 0.717) is 0 Å². The second kappa shape index (κ2) is 3.44. The van der Waals surface area contributed by atoms with Crippen LogP contribution in [0.25, 0.3) is 11.1 Å². The Morgan fingerprint density at radius 2 is 2.08 bits per heavy atom. The van der Waals surface area contributed by atoms with E-state index in [2.05, 4.69) is 30.4 Å². The SMILES string of the molecule is CCn1cc(-c2ccccc2)[c]n1. The third-order valence-electron chi connectivity index (χ3n) is 1.99. The van der Waals surface area contributed by atoms with Gasteiger partial charge in [0.1, 0.15) is 6.20 Å². The Morgan fingerprint density at radius 3 is 2.69 bits per heavy atom. The molecule has 0 amide bonds. The molecule has 0 saturated heterocycles. The van der Waals surface area contributed by atoms with E-state index in [1.165, 1.54) is 5.56 Å². The van der Waals surface area contributed by atoms with Crippen molar-refractivity contribution < 1.29 is 0 Å². The molecule has 0 aliphatic rings. The first-order valence-corrected chi connectivity index (χ1v) is 4.40. The fraction of sp³-hybridized carbons (Fsp3) is 0.182. The van der Waals surface area contributed by atoms with Gasteiger partial charge in [0.2, 0.25) is 0 Å². The highest BCUT2D eigenvalue weighted by Gasteiger charge is 1.99. The van der Waals surface area contributed by atoms with Gasteiger partial charge >= 0.3 is 0 Å². The number of aryl methyl sites for hydroxylation is 1. The topological polar surface area (TPSA) is 17.8 Å². The fourth-order valence-electron chi connectivity index (χ4n) is 1.24. The van der Waals surface area contributed by atoms with Gasteiger partial charge < -0.3 is 0 Å². The maximum atomic E-state index is 4.10. The number of hydrogen-bond donors (Lipinski definition) is 0. The van der Waals surface area contributed by atoms with E-state index in [0.717, 1.165) is 12.1 Å². The van der Waals surface area contributed by atoms with E-state index in [-0.39, 0.29) is 0 Å². The van der Waals surface area contributed by atoms with Crippen molar-refractivity contribution in [2.45, 2.75) is 13.5 Å². The number of aromatic nitrogens is 2. The third kappa shape index (κ3) is 1.61. The molecule has 0 aliphatic carbocycles. The second-order valence-corrected chi connectivity index (χ2v) is 2.88. The van der Waals surface area contributed by atoms with Crippen LogP contribution in [0.1, 0.15) is 6.92 Å². The van der Waals surface area contributed by atoms with Crippen LogP contribution in [0.3, 0.4) is 0 Å². The summed E-state index contributed by atoms with van der Waals surface area (Å²) in [5.41, 5.74) is 2.23. The van der Waals surface area contributed by atoms with Crippen molar-refractivity contribution in [2.75, 3.05) is 0 Å². The van der Waals surface area contributed by atoms with Gasteiger partial charge in [0.05, 0.1) is 0 Å². The summed E-state index contributed by atoms with van der Waals surface area (Å²) < 4.78 is 1.88. The molecule has 1 aromatic carbocycles. The third-order valence-corrected chi connectivity index (χ3v) is 1.99. The Hall–Kier alpha value is -1.57. The summed E-state index contributed by atoms with van der Waals surface area (Å²) in [4.78, 5) is 0. The molecule has 2 aromatic rings. The lowest BCUT2D eigenvalue weighted by Crippen LogP contribution is -1.91. The maximum absolute atomic E-state index is 4.10. The molecule has 2 heteroatoms. The van der Waals surface area contributed by atoms with Gasteiger partial charge in [0, 0.05) is 18.3 Å². The molecule has 65 valence electrons. The van der Waals surface area contributed by atoms with Gasteiger partial charge in [-0.05, 0) is 12.5 Å². The first-order chi connectivity index (χ1) is 6.40. The Morgan fingerprint density at radius 1 is 1.31 bits per heavy atom. The average molecular weight is 171 g/mol. The predicted molar refractivity (Wildman–Crippen MR) is 52.2 cm³/mol. The number of benzene rings is 1. The lowest BCUT2D eigenvalue weighted by molar-refractivity contribution is 0.658. The highest BCUT2D eigenvalue weighted by atomic mass is 15.3. The summed E-state index contributed by atoms with van der Waals surface area (Å²) in [5.74, 6) is 0. The van der Waals surface area contributed by atoms with Gasteiger partial charge in [-0.25, -0.2) is 0 Å². The molecule has 1 radical (unpaired) electrons. The summed E-state index contributed by atoms with van der Waals surface area (Å²) in [6, 6.07) is 10.2. The first-order valence-electron chi connectivity index (χ1n) is 4.40. The molecule has 0 spiro atoms. The van der Waals surface area contributed by atoms with Gasteiger partial charge in [-0.3, -0.25) is 4.68 Å². The molecule has 0 N–H and O–H groups in total. The summed E-state index contributed by atoms with van der Waals surface area (Å²) in [5, 5.41) is 4.10. The van der Waals surface area contributed by atoms with E-state index >= 15 is 0 Å². The van der Waals surface area contributed by atoms with Crippen LogP contribution in [0, 0.1) is 6.20 Å². The highest BCUT2D eigenvalue weighted by molar-refractivity contribution is 5.60. The minimum atomic E-state index is 0.892. The zero-order valence-electron chi connectivity index (χ0n) is 7.57. The molecule has 13 heavy (non-hydrogen) atoms. The summed E-state index contributed by atoms with van der Waals surface area (Å²) >= 11 is 0. The van der Waals surface area contributed by atoms with Gasteiger partial charge in [0.25, 0.3) is 0 Å². The summed E-state index contributed by atoms with van der Waals surface area (Å²) in [7, 11) is 0. The monoisotopic (exact) mass is 171 g/mol. The predicted octanol–water partition coefficient (Wildman–Crippen LogP) is 2.37. The normalized spacial score (nSPS) is 10.2. The van der Waals surface area contributed by atoms with Crippen LogP contribution in [0.5, 0.6) is 0 Å². The van der Waals surface area contributed by atoms with Crippen LogP contribution >= 0.6 is 0 Å². The standard InChI is InChI=1S/C11H11N2/c1-2-13-9-11(8-12-13)10-6-4-3-5-7-10/h3-7,9H,2H2,1H3. The van der Waals surface area contributed by atoms with Crippen molar-refractivity contribution in [1.82, 2.24) is 9.78 Å². The van der Waals surface area contributed by atoms with Crippen molar-refractivity contribution in [2.24, 2.45) is 0 Å². The average Bonchev–Trinajstić information content (AvgIpc) is 2.67. The zero-order valence-corrected chi connectivity index (χ0v) is 7.57. The largest absolute Gasteiger partial charge is 0.272 e. The molecule has 1 heterocycles. The summed E-state index contributed by atoms with van der Waals surface area (Å²) in [6.07, 6.45) is 5.00. The molecule has 1 aromatic heterocycles. The van der Waals surface area contributed by atoms with E-state index in [1.54, 1.807) is 0 Å². The Bertz CT molecular complexity index is 376. The second-order valence-electron chi connectivity index (χ2n) is 2.88. The quantitative estimate of drug-likeness (QED) is 0.678. The molecule has 0 bridgehead atoms. The van der Waals surface area contributed by atoms with Crippen LogP contribution < -0.4 is 0 Å². The lowest BCUT2D eigenvalue weighted by Gasteiger charge is -1.94. The van der Waals surface area contributed by atoms with E-state index < -0.39 is 0 Å². The Balaban J connectivity index is 2.36. The Kier molecular flexibility index (Phi) is 2.13. The Labute approximate surface area is 77.8 Å². The van der Waals surface area contributed by atoms with Crippen molar-refractivity contribution in [3.63, 3.8) is 0 Å². The van der Waals surface area contributed by atoms with E-state index in [1.807, 2.05) is 29.1 Å². The van der Waals surface area contributed by atoms with Crippen molar-refractivity contribution in [3.05, 3.63) is 42.7 Å². The number of nitrogens with zero attached hydrogens (tertiary/aromatic N) is 2. The molecular weight excluding hydrogens is 160 g/mol. The van der Waals surface area contributed by atoms with Crippen molar-refractivity contribution in [1.29, 1.82) is 0 Å². The number of hydrogen-bond acceptors (Lipinski definition) is 1. The lowest BCUT2D eigenvalue weighted by atomic mass is 10.1. The molecule has 0 fully saturated rings. The molecule has 2 rings (SSSR count). The minimum Gasteiger partial charge on any atom is -0.272 e. The number of rotatable bonds is 2. The zero-order chi connectivity index (χ0) is 9.10. The van der Waals surface area contributed by atoms with E-state index in [4.69, 9.17) is 0 Å². The molecule has 0 aliphatic heterocycles. The highest BCUT2D eigenvalue weighted by Crippen LogP contribution is 2.16. The van der Waals surface area contributed by atoms with Crippen LogP contribution in [0.4, 0.5) is 0 Å². The summed E-state index contributed by atoms with van der Waals surface area (Å²) in [6.45, 7) is 2.96. The van der Waals surface area contributed by atoms with Gasteiger partial charge in [-0.1, -0.05) is 30.3 Å². The molecule has 0 atom stereocenters. The molecule has 0 unspecified atom stereocenters. The molecular formula is C11H11N2. The van der Waals surface area contributed by atoms with Crippen molar-refractivity contribution in [3.8, 4) is 11.1 Å². The molecule has 2 nitrogen and oxygen atoms in total. The van der Waals surface area contributed by atoms with Gasteiger partial charge in [0.15, 0.2) is 0 Å².